The topological polar surface area (TPSA) is 39.1 Å². The van der Waals surface area contributed by atoms with Crippen LogP contribution in [0.5, 0.6) is 5.75 Å². The van der Waals surface area contributed by atoms with Crippen molar-refractivity contribution in [1.82, 2.24) is 14.9 Å². The zero-order chi connectivity index (χ0) is 13.7. The highest BCUT2D eigenvalue weighted by atomic mass is 35.5. The van der Waals surface area contributed by atoms with E-state index >= 15 is 0 Å². The summed E-state index contributed by atoms with van der Waals surface area (Å²) in [5.74, 6) is 0.742. The number of nitrogens with one attached hydrogen (secondary N) is 1. The Kier molecular flexibility index (Phi) is 4.82. The van der Waals surface area contributed by atoms with Crippen LogP contribution in [0.15, 0.2) is 30.7 Å². The molecule has 0 radical (unpaired) electrons. The number of benzene rings is 1. The molecule has 1 aromatic carbocycles. The minimum absolute atomic E-state index is 0.458. The predicted molar refractivity (Wildman–Crippen MR) is 76.4 cm³/mol. The van der Waals surface area contributed by atoms with Gasteiger partial charge in [-0.05, 0) is 12.6 Å². The van der Waals surface area contributed by atoms with Crippen LogP contribution in [0.4, 0.5) is 0 Å². The van der Waals surface area contributed by atoms with Gasteiger partial charge in [0.15, 0.2) is 0 Å². The molecule has 0 saturated heterocycles. The molecule has 0 atom stereocenters. The average Bonchev–Trinajstić information content (AvgIpc) is 2.81. The summed E-state index contributed by atoms with van der Waals surface area (Å²) in [4.78, 5) is 4.07. The molecule has 0 aliphatic carbocycles. The molecule has 5 heteroatoms. The van der Waals surface area contributed by atoms with E-state index in [-0.39, 0.29) is 0 Å². The molecule has 0 aliphatic heterocycles. The van der Waals surface area contributed by atoms with Crippen molar-refractivity contribution in [3.05, 3.63) is 47.0 Å². The van der Waals surface area contributed by atoms with Crippen LogP contribution in [-0.4, -0.2) is 16.1 Å². The monoisotopic (exact) mass is 279 g/mol. The average molecular weight is 280 g/mol. The number of hydrogen-bond acceptors (Lipinski definition) is 3. The Bertz CT molecular complexity index is 539. The number of para-hydroxylation sites is 1. The number of rotatable bonds is 6. The molecule has 0 fully saturated rings. The van der Waals surface area contributed by atoms with Gasteiger partial charge in [-0.3, -0.25) is 0 Å². The fourth-order valence-corrected chi connectivity index (χ4v) is 2.03. The van der Waals surface area contributed by atoms with Gasteiger partial charge in [0.2, 0.25) is 0 Å². The van der Waals surface area contributed by atoms with Crippen LogP contribution < -0.4 is 10.1 Å². The van der Waals surface area contributed by atoms with Crippen molar-refractivity contribution >= 4 is 11.6 Å². The van der Waals surface area contributed by atoms with E-state index in [9.17, 15) is 0 Å². The lowest BCUT2D eigenvalue weighted by atomic mass is 10.2. The molecule has 2 rings (SSSR count). The maximum atomic E-state index is 6.21. The molecule has 1 N–H and O–H groups in total. The van der Waals surface area contributed by atoms with Gasteiger partial charge in [0.25, 0.3) is 0 Å². The van der Waals surface area contributed by atoms with E-state index in [1.807, 2.05) is 29.8 Å². The van der Waals surface area contributed by atoms with Gasteiger partial charge in [-0.25, -0.2) is 4.98 Å². The highest BCUT2D eigenvalue weighted by Gasteiger charge is 2.09. The van der Waals surface area contributed by atoms with Gasteiger partial charge in [0, 0.05) is 19.2 Å². The molecule has 4 nitrogen and oxygen atoms in total. The Hall–Kier alpha value is -1.52. The molecular weight excluding hydrogens is 262 g/mol. The van der Waals surface area contributed by atoms with Crippen molar-refractivity contribution in [2.24, 2.45) is 7.05 Å². The number of halogens is 1. The summed E-state index contributed by atoms with van der Waals surface area (Å²) in [5, 5.41) is 3.92. The van der Waals surface area contributed by atoms with Gasteiger partial charge < -0.3 is 14.6 Å². The fourth-order valence-electron chi connectivity index (χ4n) is 1.78. The maximum Gasteiger partial charge on any atom is 0.142 e. The Labute approximate surface area is 118 Å². The lowest BCUT2D eigenvalue weighted by molar-refractivity contribution is 0.293. The van der Waals surface area contributed by atoms with E-state index in [1.165, 1.54) is 0 Å². The van der Waals surface area contributed by atoms with Gasteiger partial charge in [-0.1, -0.05) is 30.7 Å². The quantitative estimate of drug-likeness (QED) is 0.884. The Balaban J connectivity index is 2.12. The maximum absolute atomic E-state index is 6.21. The Morgan fingerprint density at radius 2 is 2.26 bits per heavy atom. The van der Waals surface area contributed by atoms with Crippen molar-refractivity contribution in [2.45, 2.75) is 20.1 Å². The minimum atomic E-state index is 0.458. The van der Waals surface area contributed by atoms with E-state index in [2.05, 4.69) is 17.2 Å². The van der Waals surface area contributed by atoms with Crippen molar-refractivity contribution in [3.63, 3.8) is 0 Å². The molecule has 0 bridgehead atoms. The van der Waals surface area contributed by atoms with E-state index in [4.69, 9.17) is 16.3 Å². The van der Waals surface area contributed by atoms with Crippen LogP contribution in [0.2, 0.25) is 5.02 Å². The molecule has 102 valence electrons. The smallest absolute Gasteiger partial charge is 0.142 e. The lowest BCUT2D eigenvalue weighted by Crippen LogP contribution is -2.13. The Morgan fingerprint density at radius 3 is 2.95 bits per heavy atom. The number of ether oxygens (including phenoxy) is 1. The summed E-state index contributed by atoms with van der Waals surface area (Å²) < 4.78 is 7.79. The van der Waals surface area contributed by atoms with Crippen LogP contribution >= 0.6 is 11.6 Å². The third-order valence-corrected chi connectivity index (χ3v) is 3.19. The molecule has 0 saturated carbocycles. The Morgan fingerprint density at radius 1 is 1.42 bits per heavy atom. The second-order valence-electron chi connectivity index (χ2n) is 4.29. The standard InChI is InChI=1S/C14H18ClN3O/c1-3-16-7-11-5-4-6-13(15)14(11)19-9-12-8-17-10-18(12)2/h4-6,8,10,16H,3,7,9H2,1-2H3. The fraction of sp³-hybridized carbons (Fsp3) is 0.357. The number of imidazole rings is 1. The lowest BCUT2D eigenvalue weighted by Gasteiger charge is -2.13. The first-order valence-electron chi connectivity index (χ1n) is 6.28. The van der Waals surface area contributed by atoms with Gasteiger partial charge in [-0.2, -0.15) is 0 Å². The molecule has 0 amide bonds. The molecule has 0 aliphatic rings. The van der Waals surface area contributed by atoms with E-state index in [0.717, 1.165) is 30.1 Å². The second kappa shape index (κ2) is 6.59. The van der Waals surface area contributed by atoms with Crippen LogP contribution in [0.3, 0.4) is 0 Å². The molecule has 1 heterocycles. The van der Waals surface area contributed by atoms with E-state index < -0.39 is 0 Å². The molecule has 19 heavy (non-hydrogen) atoms. The number of aryl methyl sites for hydroxylation is 1. The number of aromatic nitrogens is 2. The van der Waals surface area contributed by atoms with Crippen LogP contribution in [0, 0.1) is 0 Å². The first-order chi connectivity index (χ1) is 9.22. The highest BCUT2D eigenvalue weighted by molar-refractivity contribution is 6.32. The third kappa shape index (κ3) is 3.49. The van der Waals surface area contributed by atoms with Gasteiger partial charge >= 0.3 is 0 Å². The van der Waals surface area contributed by atoms with Crippen molar-refractivity contribution in [1.29, 1.82) is 0 Å². The SMILES string of the molecule is CCNCc1cccc(Cl)c1OCc1cncn1C. The first-order valence-corrected chi connectivity index (χ1v) is 6.66. The van der Waals surface area contributed by atoms with Crippen molar-refractivity contribution in [2.75, 3.05) is 6.54 Å². The zero-order valence-electron chi connectivity index (χ0n) is 11.2. The highest BCUT2D eigenvalue weighted by Crippen LogP contribution is 2.29. The first kappa shape index (κ1) is 13.9. The van der Waals surface area contributed by atoms with Gasteiger partial charge in [0.1, 0.15) is 12.4 Å². The van der Waals surface area contributed by atoms with Crippen LogP contribution in [-0.2, 0) is 20.2 Å². The van der Waals surface area contributed by atoms with Crippen molar-refractivity contribution in [3.8, 4) is 5.75 Å². The van der Waals surface area contributed by atoms with Crippen molar-refractivity contribution < 1.29 is 4.74 Å². The van der Waals surface area contributed by atoms with E-state index in [1.54, 1.807) is 12.5 Å². The summed E-state index contributed by atoms with van der Waals surface area (Å²) in [6.45, 7) is 4.19. The largest absolute Gasteiger partial charge is 0.485 e. The van der Waals surface area contributed by atoms with Crippen LogP contribution in [0.25, 0.3) is 0 Å². The zero-order valence-corrected chi connectivity index (χ0v) is 11.9. The van der Waals surface area contributed by atoms with E-state index in [0.29, 0.717) is 11.6 Å². The molecule has 0 unspecified atom stereocenters. The second-order valence-corrected chi connectivity index (χ2v) is 4.70. The van der Waals surface area contributed by atoms with Gasteiger partial charge in [0.05, 0.1) is 23.2 Å². The normalized spacial score (nSPS) is 10.7. The minimum Gasteiger partial charge on any atom is -0.485 e. The molecule has 1 aromatic heterocycles. The molecule has 2 aromatic rings. The summed E-state index contributed by atoms with van der Waals surface area (Å²) in [6.07, 6.45) is 3.55. The van der Waals surface area contributed by atoms with Gasteiger partial charge in [-0.15, -0.1) is 0 Å². The summed E-state index contributed by atoms with van der Waals surface area (Å²) in [5.41, 5.74) is 2.07. The third-order valence-electron chi connectivity index (χ3n) is 2.89. The summed E-state index contributed by atoms with van der Waals surface area (Å²) >= 11 is 6.21. The molecular formula is C14H18ClN3O. The number of nitrogens with zero attached hydrogens (tertiary/aromatic N) is 2. The molecule has 0 spiro atoms. The van der Waals surface area contributed by atoms with Crippen LogP contribution in [0.1, 0.15) is 18.2 Å². The predicted octanol–water partition coefficient (Wildman–Crippen LogP) is 2.76. The summed E-state index contributed by atoms with van der Waals surface area (Å²) in [7, 11) is 1.94. The summed E-state index contributed by atoms with van der Waals surface area (Å²) in [6, 6.07) is 5.80. The number of hydrogen-bond donors (Lipinski definition) is 1.